The predicted octanol–water partition coefficient (Wildman–Crippen LogP) is 1.68. The molecule has 112 valence electrons. The van der Waals surface area contributed by atoms with Crippen LogP contribution in [0.3, 0.4) is 0 Å². The number of hydrogen-bond acceptors (Lipinski definition) is 4. The molecule has 0 saturated heterocycles. The van der Waals surface area contributed by atoms with Gasteiger partial charge in [0.25, 0.3) is 0 Å². The molecule has 0 aliphatic carbocycles. The molecule has 0 fully saturated rings. The minimum Gasteiger partial charge on any atom is -0.595 e. The maximum absolute atomic E-state index is 12.2. The van der Waals surface area contributed by atoms with Crippen LogP contribution in [0.5, 0.6) is 0 Å². The van der Waals surface area contributed by atoms with E-state index in [1.807, 2.05) is 6.07 Å². The van der Waals surface area contributed by atoms with E-state index in [-0.39, 0.29) is 17.9 Å². The van der Waals surface area contributed by atoms with Gasteiger partial charge in [0.2, 0.25) is 0 Å². The van der Waals surface area contributed by atoms with Crippen LogP contribution in [-0.4, -0.2) is 11.0 Å². The SMILES string of the molecule is CC(=O)C(C#N)(Cc1ccc([NH+]([O-])O)cc1)c1ccccc1. The van der Waals surface area contributed by atoms with E-state index < -0.39 is 10.6 Å². The lowest BCUT2D eigenvalue weighted by Gasteiger charge is -2.24. The molecule has 0 aliphatic heterocycles. The van der Waals surface area contributed by atoms with E-state index in [0.717, 1.165) is 5.56 Å². The summed E-state index contributed by atoms with van der Waals surface area (Å²) in [5, 5.41) is 28.4. The molecule has 0 saturated carbocycles. The minimum atomic E-state index is -1.26. The van der Waals surface area contributed by atoms with Gasteiger partial charge in [-0.1, -0.05) is 42.5 Å². The first-order chi connectivity index (χ1) is 10.5. The molecule has 2 N–H and O–H groups in total. The first-order valence-electron chi connectivity index (χ1n) is 6.79. The molecule has 2 aromatic carbocycles. The molecule has 22 heavy (non-hydrogen) atoms. The van der Waals surface area contributed by atoms with E-state index in [0.29, 0.717) is 5.56 Å². The lowest BCUT2D eigenvalue weighted by molar-refractivity contribution is -0.991. The van der Waals surface area contributed by atoms with E-state index in [1.165, 1.54) is 19.1 Å². The molecule has 2 rings (SSSR count). The highest BCUT2D eigenvalue weighted by atomic mass is 16.8. The molecular weight excluding hydrogens is 280 g/mol. The molecule has 0 heterocycles. The number of nitrogens with zero attached hydrogens (tertiary/aromatic N) is 1. The van der Waals surface area contributed by atoms with Crippen molar-refractivity contribution in [3.8, 4) is 6.07 Å². The van der Waals surface area contributed by atoms with Gasteiger partial charge >= 0.3 is 0 Å². The van der Waals surface area contributed by atoms with E-state index >= 15 is 0 Å². The first kappa shape index (κ1) is 15.9. The Morgan fingerprint density at radius 2 is 1.82 bits per heavy atom. The van der Waals surface area contributed by atoms with Crippen molar-refractivity contribution >= 4 is 11.5 Å². The van der Waals surface area contributed by atoms with E-state index in [1.54, 1.807) is 36.4 Å². The Bertz CT molecular complexity index is 690. The standard InChI is InChI=1S/C17H16N2O3/c1-13(20)17(12-18,15-5-3-2-4-6-15)11-14-7-9-16(10-8-14)19(21)22/h2-10,19,21H,11H2,1H3. The Kier molecular flexibility index (Phi) is 4.68. The average molecular weight is 296 g/mol. The molecule has 0 radical (unpaired) electrons. The molecule has 0 aromatic heterocycles. The fourth-order valence-corrected chi connectivity index (χ4v) is 2.41. The van der Waals surface area contributed by atoms with Crippen molar-refractivity contribution < 1.29 is 15.2 Å². The fraction of sp³-hybridized carbons (Fsp3) is 0.176. The average Bonchev–Trinajstić information content (AvgIpc) is 2.53. The van der Waals surface area contributed by atoms with E-state index in [2.05, 4.69) is 6.07 Å². The summed E-state index contributed by atoms with van der Waals surface area (Å²) in [6, 6.07) is 17.3. The molecule has 5 nitrogen and oxygen atoms in total. The van der Waals surface area contributed by atoms with Crippen molar-refractivity contribution in [2.45, 2.75) is 18.8 Å². The summed E-state index contributed by atoms with van der Waals surface area (Å²) in [6.07, 6.45) is 0.211. The third kappa shape index (κ3) is 3.05. The van der Waals surface area contributed by atoms with Crippen LogP contribution in [0, 0.1) is 16.5 Å². The van der Waals surface area contributed by atoms with Crippen LogP contribution in [0.4, 0.5) is 5.69 Å². The molecule has 2 atom stereocenters. The van der Waals surface area contributed by atoms with Crippen molar-refractivity contribution in [1.82, 2.24) is 0 Å². The molecule has 0 bridgehead atoms. The van der Waals surface area contributed by atoms with Crippen molar-refractivity contribution in [2.75, 3.05) is 0 Å². The zero-order chi connectivity index (χ0) is 16.2. The summed E-state index contributed by atoms with van der Waals surface area (Å²) in [5.41, 5.74) is 0.304. The van der Waals surface area contributed by atoms with Crippen LogP contribution in [0.15, 0.2) is 54.6 Å². The molecule has 2 unspecified atom stereocenters. The van der Waals surface area contributed by atoms with Crippen LogP contribution >= 0.6 is 0 Å². The Hall–Kier alpha value is -2.52. The van der Waals surface area contributed by atoms with Gasteiger partial charge in [0.15, 0.2) is 11.5 Å². The van der Waals surface area contributed by atoms with Gasteiger partial charge in [-0.15, -0.1) is 0 Å². The highest BCUT2D eigenvalue weighted by Gasteiger charge is 2.37. The van der Waals surface area contributed by atoms with Gasteiger partial charge in [-0.25, -0.2) is 5.21 Å². The second-order valence-electron chi connectivity index (χ2n) is 5.12. The topological polar surface area (TPSA) is 88.6 Å². The lowest BCUT2D eigenvalue weighted by atomic mass is 9.74. The van der Waals surface area contributed by atoms with Crippen molar-refractivity contribution in [2.24, 2.45) is 0 Å². The molecule has 2 aromatic rings. The monoisotopic (exact) mass is 296 g/mol. The summed E-state index contributed by atoms with van der Waals surface area (Å²) in [5.74, 6) is -0.233. The summed E-state index contributed by atoms with van der Waals surface area (Å²) in [6.45, 7) is 1.40. The Balaban J connectivity index is 2.40. The number of benzene rings is 2. The van der Waals surface area contributed by atoms with Crippen LogP contribution in [0.1, 0.15) is 18.1 Å². The summed E-state index contributed by atoms with van der Waals surface area (Å²) in [7, 11) is 0. The zero-order valence-corrected chi connectivity index (χ0v) is 12.1. The van der Waals surface area contributed by atoms with Crippen molar-refractivity contribution in [1.29, 1.82) is 5.26 Å². The molecule has 0 amide bonds. The minimum absolute atomic E-state index is 0.175. The Morgan fingerprint density at radius 1 is 1.23 bits per heavy atom. The molecule has 0 spiro atoms. The van der Waals surface area contributed by atoms with Crippen molar-refractivity contribution in [3.63, 3.8) is 0 Å². The smallest absolute Gasteiger partial charge is 0.163 e. The van der Waals surface area contributed by atoms with Crippen LogP contribution in [0.25, 0.3) is 0 Å². The second-order valence-corrected chi connectivity index (χ2v) is 5.12. The number of carbonyl (C=O) groups is 1. The zero-order valence-electron chi connectivity index (χ0n) is 12.1. The first-order valence-corrected chi connectivity index (χ1v) is 6.79. The maximum Gasteiger partial charge on any atom is 0.163 e. The van der Waals surface area contributed by atoms with Crippen LogP contribution in [-0.2, 0) is 16.6 Å². The molecule has 0 aliphatic rings. The number of ketones is 1. The van der Waals surface area contributed by atoms with Gasteiger partial charge < -0.3 is 5.21 Å². The van der Waals surface area contributed by atoms with Gasteiger partial charge in [-0.3, -0.25) is 4.79 Å². The highest BCUT2D eigenvalue weighted by molar-refractivity contribution is 5.91. The lowest BCUT2D eigenvalue weighted by Crippen LogP contribution is -2.99. The third-order valence-corrected chi connectivity index (χ3v) is 3.73. The summed E-state index contributed by atoms with van der Waals surface area (Å²) in [4.78, 5) is 12.2. The van der Waals surface area contributed by atoms with Gasteiger partial charge in [-0.05, 0) is 18.1 Å². The number of Topliss-reactive ketones (excluding diaryl/α,β-unsaturated/α-hetero) is 1. The summed E-state index contributed by atoms with van der Waals surface area (Å²) < 4.78 is 0. The Morgan fingerprint density at radius 3 is 2.27 bits per heavy atom. The number of quaternary nitrogens is 1. The summed E-state index contributed by atoms with van der Waals surface area (Å²) >= 11 is 0. The highest BCUT2D eigenvalue weighted by Crippen LogP contribution is 2.29. The van der Waals surface area contributed by atoms with E-state index in [4.69, 9.17) is 5.21 Å². The number of rotatable bonds is 5. The van der Waals surface area contributed by atoms with Crippen molar-refractivity contribution in [3.05, 3.63) is 70.9 Å². The van der Waals surface area contributed by atoms with Gasteiger partial charge in [0, 0.05) is 18.6 Å². The van der Waals surface area contributed by atoms with E-state index in [9.17, 15) is 15.3 Å². The molecule has 5 heteroatoms. The number of nitriles is 1. The normalized spacial score (nSPS) is 14.6. The third-order valence-electron chi connectivity index (χ3n) is 3.73. The number of hydrogen-bond donors (Lipinski definition) is 2. The quantitative estimate of drug-likeness (QED) is 0.822. The van der Waals surface area contributed by atoms with Gasteiger partial charge in [0.1, 0.15) is 5.41 Å². The fourth-order valence-electron chi connectivity index (χ4n) is 2.41. The number of carbonyl (C=O) groups excluding carboxylic acids is 1. The predicted molar refractivity (Wildman–Crippen MR) is 80.3 cm³/mol. The largest absolute Gasteiger partial charge is 0.595 e. The van der Waals surface area contributed by atoms with Gasteiger partial charge in [0.05, 0.1) is 6.07 Å². The molecular formula is C17H16N2O3. The van der Waals surface area contributed by atoms with Gasteiger partial charge in [-0.2, -0.15) is 10.5 Å². The van der Waals surface area contributed by atoms with Crippen LogP contribution < -0.4 is 5.23 Å². The second kappa shape index (κ2) is 6.50. The van der Waals surface area contributed by atoms with Crippen LogP contribution in [0.2, 0.25) is 0 Å². The number of nitrogens with one attached hydrogen (secondary N) is 1. The maximum atomic E-state index is 12.2. The Labute approximate surface area is 128 Å².